The van der Waals surface area contributed by atoms with Crippen LogP contribution in [-0.4, -0.2) is 53.7 Å². The Morgan fingerprint density at radius 2 is 2.16 bits per heavy atom. The summed E-state index contributed by atoms with van der Waals surface area (Å²) in [6, 6.07) is 4.41. The molecule has 0 spiro atoms. The SMILES string of the molecule is CCN(CC(=O)O)C1CC(NC(=O)C2=Cc3cc(F)ccc3OC2)C1. The minimum absolute atomic E-state index is 0.0170. The lowest BCUT2D eigenvalue weighted by molar-refractivity contribution is -0.139. The van der Waals surface area contributed by atoms with Crippen LogP contribution in [0, 0.1) is 5.82 Å². The van der Waals surface area contributed by atoms with Crippen molar-refractivity contribution in [2.75, 3.05) is 19.7 Å². The first-order chi connectivity index (χ1) is 12.0. The highest BCUT2D eigenvalue weighted by atomic mass is 19.1. The van der Waals surface area contributed by atoms with Crippen LogP contribution >= 0.6 is 0 Å². The van der Waals surface area contributed by atoms with Gasteiger partial charge in [-0.1, -0.05) is 6.92 Å². The van der Waals surface area contributed by atoms with Gasteiger partial charge in [-0.3, -0.25) is 14.5 Å². The number of fused-ring (bicyclic) bond motifs is 1. The van der Waals surface area contributed by atoms with E-state index < -0.39 is 5.97 Å². The maximum atomic E-state index is 13.3. The van der Waals surface area contributed by atoms with Crippen molar-refractivity contribution in [1.29, 1.82) is 0 Å². The second-order valence-electron chi connectivity index (χ2n) is 6.39. The first kappa shape index (κ1) is 17.4. The van der Waals surface area contributed by atoms with Crippen molar-refractivity contribution >= 4 is 18.0 Å². The van der Waals surface area contributed by atoms with E-state index in [1.165, 1.54) is 12.1 Å². The Morgan fingerprint density at radius 3 is 2.84 bits per heavy atom. The van der Waals surface area contributed by atoms with Crippen LogP contribution in [0.25, 0.3) is 6.08 Å². The van der Waals surface area contributed by atoms with Crippen LogP contribution in [0.1, 0.15) is 25.3 Å². The van der Waals surface area contributed by atoms with E-state index in [1.807, 2.05) is 11.8 Å². The minimum Gasteiger partial charge on any atom is -0.488 e. The number of carbonyl (C=O) groups is 2. The van der Waals surface area contributed by atoms with Gasteiger partial charge in [-0.15, -0.1) is 0 Å². The number of nitrogens with zero attached hydrogens (tertiary/aromatic N) is 1. The summed E-state index contributed by atoms with van der Waals surface area (Å²) in [7, 11) is 0. The third kappa shape index (κ3) is 3.99. The van der Waals surface area contributed by atoms with Crippen molar-refractivity contribution in [2.24, 2.45) is 0 Å². The molecule has 0 radical (unpaired) electrons. The molecule has 0 aromatic heterocycles. The monoisotopic (exact) mass is 348 g/mol. The zero-order valence-corrected chi connectivity index (χ0v) is 14.0. The quantitative estimate of drug-likeness (QED) is 0.817. The van der Waals surface area contributed by atoms with Crippen LogP contribution in [0.5, 0.6) is 5.75 Å². The molecule has 0 bridgehead atoms. The molecule has 1 heterocycles. The second kappa shape index (κ2) is 7.23. The van der Waals surface area contributed by atoms with Crippen LogP contribution < -0.4 is 10.1 Å². The Balaban J connectivity index is 1.55. The Bertz CT molecular complexity index is 713. The standard InChI is InChI=1S/C18H21FN2O4/c1-2-21(9-17(22)23)15-7-14(8-15)20-18(24)12-5-11-6-13(19)3-4-16(11)25-10-12/h3-6,14-15H,2,7-10H2,1H3,(H,20,24)(H,22,23). The number of rotatable bonds is 6. The van der Waals surface area contributed by atoms with Crippen molar-refractivity contribution in [2.45, 2.75) is 31.8 Å². The van der Waals surface area contributed by atoms with E-state index in [9.17, 15) is 14.0 Å². The average Bonchev–Trinajstić information content (AvgIpc) is 2.54. The van der Waals surface area contributed by atoms with Crippen molar-refractivity contribution in [3.8, 4) is 5.75 Å². The fraction of sp³-hybridized carbons (Fsp3) is 0.444. The average molecular weight is 348 g/mol. The molecule has 1 aliphatic heterocycles. The van der Waals surface area contributed by atoms with Crippen molar-refractivity contribution in [3.05, 3.63) is 35.2 Å². The number of carbonyl (C=O) groups excluding carboxylic acids is 1. The molecule has 1 aromatic rings. The number of halogens is 1. The Morgan fingerprint density at radius 1 is 1.40 bits per heavy atom. The predicted octanol–water partition coefficient (Wildman–Crippen LogP) is 1.66. The summed E-state index contributed by atoms with van der Waals surface area (Å²) in [5.74, 6) is -0.876. The maximum Gasteiger partial charge on any atom is 0.317 e. The van der Waals surface area contributed by atoms with E-state index in [1.54, 1.807) is 12.1 Å². The zero-order valence-electron chi connectivity index (χ0n) is 14.0. The molecule has 25 heavy (non-hydrogen) atoms. The normalized spacial score (nSPS) is 21.6. The van der Waals surface area contributed by atoms with Crippen molar-refractivity contribution in [3.63, 3.8) is 0 Å². The first-order valence-electron chi connectivity index (χ1n) is 8.36. The predicted molar refractivity (Wildman–Crippen MR) is 89.7 cm³/mol. The van der Waals surface area contributed by atoms with Crippen LogP contribution in [0.3, 0.4) is 0 Å². The third-order valence-corrected chi connectivity index (χ3v) is 4.69. The molecular weight excluding hydrogens is 327 g/mol. The number of carboxylic acids is 1. The lowest BCUT2D eigenvalue weighted by Gasteiger charge is -2.42. The summed E-state index contributed by atoms with van der Waals surface area (Å²) in [6.07, 6.45) is 3.11. The van der Waals surface area contributed by atoms with Crippen LogP contribution in [0.15, 0.2) is 23.8 Å². The first-order valence-corrected chi connectivity index (χ1v) is 8.36. The number of carboxylic acid groups (broad SMARTS) is 1. The van der Waals surface area contributed by atoms with Crippen LogP contribution in [-0.2, 0) is 9.59 Å². The molecule has 0 unspecified atom stereocenters. The van der Waals surface area contributed by atoms with Crippen molar-refractivity contribution in [1.82, 2.24) is 10.2 Å². The molecular formula is C18H21FN2O4. The molecule has 0 atom stereocenters. The summed E-state index contributed by atoms with van der Waals surface area (Å²) in [6.45, 7) is 2.76. The van der Waals surface area contributed by atoms with Gasteiger partial charge >= 0.3 is 5.97 Å². The van der Waals surface area contributed by atoms with Gasteiger partial charge in [0.1, 0.15) is 18.2 Å². The molecule has 3 rings (SSSR count). The Hall–Kier alpha value is -2.41. The number of amides is 1. The van der Waals surface area contributed by atoms with E-state index in [0.29, 0.717) is 23.4 Å². The van der Waals surface area contributed by atoms with Gasteiger partial charge in [-0.05, 0) is 43.7 Å². The lowest BCUT2D eigenvalue weighted by Crippen LogP contribution is -2.55. The number of likely N-dealkylation sites (N-methyl/N-ethyl adjacent to an activating group) is 1. The van der Waals surface area contributed by atoms with Gasteiger partial charge in [0.2, 0.25) is 0 Å². The molecule has 7 heteroatoms. The van der Waals surface area contributed by atoms with Gasteiger partial charge in [-0.25, -0.2) is 4.39 Å². The molecule has 134 valence electrons. The number of ether oxygens (including phenoxy) is 1. The molecule has 1 aromatic carbocycles. The molecule has 1 saturated carbocycles. The zero-order chi connectivity index (χ0) is 18.0. The fourth-order valence-corrected chi connectivity index (χ4v) is 3.23. The number of nitrogens with one attached hydrogen (secondary N) is 1. The number of hydrogen-bond acceptors (Lipinski definition) is 4. The van der Waals surface area contributed by atoms with E-state index in [4.69, 9.17) is 9.84 Å². The minimum atomic E-state index is -0.843. The van der Waals surface area contributed by atoms with E-state index in [-0.39, 0.29) is 37.0 Å². The topological polar surface area (TPSA) is 78.9 Å². The molecule has 6 nitrogen and oxygen atoms in total. The van der Waals surface area contributed by atoms with Crippen LogP contribution in [0.2, 0.25) is 0 Å². The van der Waals surface area contributed by atoms with Gasteiger partial charge in [-0.2, -0.15) is 0 Å². The largest absolute Gasteiger partial charge is 0.488 e. The Kier molecular flexibility index (Phi) is 5.03. The molecule has 2 aliphatic rings. The molecule has 1 amide bonds. The van der Waals surface area contributed by atoms with Gasteiger partial charge in [0, 0.05) is 17.6 Å². The summed E-state index contributed by atoms with van der Waals surface area (Å²) < 4.78 is 18.8. The molecule has 0 saturated heterocycles. The molecule has 2 N–H and O–H groups in total. The van der Waals surface area contributed by atoms with E-state index in [0.717, 1.165) is 12.8 Å². The van der Waals surface area contributed by atoms with Gasteiger partial charge in [0.25, 0.3) is 5.91 Å². The highest BCUT2D eigenvalue weighted by Crippen LogP contribution is 2.29. The number of hydrogen-bond donors (Lipinski definition) is 2. The lowest BCUT2D eigenvalue weighted by atomic mass is 9.85. The number of aliphatic carboxylic acids is 1. The van der Waals surface area contributed by atoms with E-state index >= 15 is 0 Å². The smallest absolute Gasteiger partial charge is 0.317 e. The maximum absolute atomic E-state index is 13.3. The second-order valence-corrected chi connectivity index (χ2v) is 6.39. The third-order valence-electron chi connectivity index (χ3n) is 4.69. The molecule has 1 fully saturated rings. The fourth-order valence-electron chi connectivity index (χ4n) is 3.23. The summed E-state index contributed by atoms with van der Waals surface area (Å²) in [5, 5.41) is 11.8. The van der Waals surface area contributed by atoms with E-state index in [2.05, 4.69) is 5.32 Å². The van der Waals surface area contributed by atoms with Gasteiger partial charge in [0.15, 0.2) is 0 Å². The van der Waals surface area contributed by atoms with Gasteiger partial charge in [0.05, 0.1) is 12.1 Å². The highest BCUT2D eigenvalue weighted by Gasteiger charge is 2.35. The summed E-state index contributed by atoms with van der Waals surface area (Å²) in [4.78, 5) is 25.1. The summed E-state index contributed by atoms with van der Waals surface area (Å²) >= 11 is 0. The van der Waals surface area contributed by atoms with Crippen LogP contribution in [0.4, 0.5) is 4.39 Å². The molecule has 1 aliphatic carbocycles. The van der Waals surface area contributed by atoms with Crippen molar-refractivity contribution < 1.29 is 23.8 Å². The number of benzene rings is 1. The Labute approximate surface area is 145 Å². The summed E-state index contributed by atoms with van der Waals surface area (Å²) in [5.41, 5.74) is 1.01. The van der Waals surface area contributed by atoms with Gasteiger partial charge < -0.3 is 15.2 Å². The highest BCUT2D eigenvalue weighted by molar-refractivity contribution is 5.99.